The molecule has 5 heteroatoms. The number of hydrogen-bond donors (Lipinski definition) is 1. The van der Waals surface area contributed by atoms with Gasteiger partial charge in [-0.1, -0.05) is 0 Å². The Labute approximate surface area is 98.5 Å². The van der Waals surface area contributed by atoms with Crippen molar-refractivity contribution in [2.45, 2.75) is 13.5 Å². The molecule has 0 atom stereocenters. The Bertz CT molecular complexity index is 615. The van der Waals surface area contributed by atoms with Crippen LogP contribution in [0, 0.1) is 6.92 Å². The Hall–Kier alpha value is -2.17. The number of pyridine rings is 1. The van der Waals surface area contributed by atoms with E-state index in [1.54, 1.807) is 10.9 Å². The highest BCUT2D eigenvalue weighted by molar-refractivity contribution is 6.03. The molecule has 3 rings (SSSR count). The summed E-state index contributed by atoms with van der Waals surface area (Å²) in [6.45, 7) is 2.45. The van der Waals surface area contributed by atoms with Crippen LogP contribution in [0.5, 0.6) is 0 Å². The summed E-state index contributed by atoms with van der Waals surface area (Å²) >= 11 is 0. The molecule has 0 spiro atoms. The summed E-state index contributed by atoms with van der Waals surface area (Å²) in [6.07, 6.45) is 3.67. The van der Waals surface area contributed by atoms with Crippen LogP contribution in [0.1, 0.15) is 21.7 Å². The molecule has 0 saturated heterocycles. The smallest absolute Gasteiger partial charge is 0.254 e. The molecule has 0 unspecified atom stereocenters. The maximum atomic E-state index is 11.8. The Morgan fingerprint density at radius 1 is 1.47 bits per heavy atom. The maximum absolute atomic E-state index is 11.8. The maximum Gasteiger partial charge on any atom is 0.254 e. The zero-order valence-electron chi connectivity index (χ0n) is 9.69. The number of aryl methyl sites for hydroxylation is 2. The minimum atomic E-state index is -0.0497. The number of aromatic nitrogens is 3. The van der Waals surface area contributed by atoms with Gasteiger partial charge in [-0.2, -0.15) is 5.10 Å². The molecular weight excluding hydrogens is 216 g/mol. The minimum absolute atomic E-state index is 0.0497. The van der Waals surface area contributed by atoms with E-state index in [-0.39, 0.29) is 5.91 Å². The lowest BCUT2D eigenvalue weighted by molar-refractivity contribution is 0.0966. The molecule has 2 aromatic heterocycles. The van der Waals surface area contributed by atoms with Crippen LogP contribution in [-0.4, -0.2) is 20.7 Å². The van der Waals surface area contributed by atoms with Crippen LogP contribution in [0.2, 0.25) is 0 Å². The fourth-order valence-corrected chi connectivity index (χ4v) is 2.16. The van der Waals surface area contributed by atoms with Gasteiger partial charge in [0.1, 0.15) is 0 Å². The van der Waals surface area contributed by atoms with Crippen LogP contribution < -0.4 is 5.32 Å². The number of amides is 1. The topological polar surface area (TPSA) is 59.8 Å². The van der Waals surface area contributed by atoms with Crippen molar-refractivity contribution in [3.63, 3.8) is 0 Å². The zero-order valence-corrected chi connectivity index (χ0v) is 9.69. The molecular formula is C12H12N4O. The van der Waals surface area contributed by atoms with Crippen molar-refractivity contribution in [1.29, 1.82) is 0 Å². The minimum Gasteiger partial charge on any atom is -0.346 e. The van der Waals surface area contributed by atoms with Gasteiger partial charge in [-0.15, -0.1) is 0 Å². The van der Waals surface area contributed by atoms with Crippen molar-refractivity contribution in [2.75, 3.05) is 0 Å². The number of rotatable bonds is 1. The number of nitrogens with zero attached hydrogens (tertiary/aromatic N) is 3. The second-order valence-electron chi connectivity index (χ2n) is 4.22. The van der Waals surface area contributed by atoms with E-state index in [0.29, 0.717) is 12.1 Å². The molecule has 1 N–H and O–H groups in total. The standard InChI is InChI=1S/C12H12N4O/c1-7-3-9(8-4-14-16(2)6-8)11-10(15-7)5-13-12(11)17/h3-4,6H,5H2,1-2H3,(H,13,17). The van der Waals surface area contributed by atoms with Gasteiger partial charge in [0.2, 0.25) is 0 Å². The number of hydrogen-bond acceptors (Lipinski definition) is 3. The summed E-state index contributed by atoms with van der Waals surface area (Å²) < 4.78 is 1.73. The SMILES string of the molecule is Cc1cc(-c2cnn(C)c2)c2c(n1)CNC2=O. The Kier molecular flexibility index (Phi) is 2.01. The third-order valence-corrected chi connectivity index (χ3v) is 2.88. The summed E-state index contributed by atoms with van der Waals surface area (Å²) in [4.78, 5) is 16.2. The Morgan fingerprint density at radius 2 is 2.29 bits per heavy atom. The molecule has 5 nitrogen and oxygen atoms in total. The molecule has 0 aliphatic carbocycles. The van der Waals surface area contributed by atoms with E-state index >= 15 is 0 Å². The molecule has 0 aromatic carbocycles. The quantitative estimate of drug-likeness (QED) is 0.793. The van der Waals surface area contributed by atoms with E-state index in [4.69, 9.17) is 0 Å². The number of nitrogens with one attached hydrogen (secondary N) is 1. The van der Waals surface area contributed by atoms with Gasteiger partial charge >= 0.3 is 0 Å². The first-order chi connectivity index (χ1) is 8.15. The van der Waals surface area contributed by atoms with Crippen molar-refractivity contribution in [1.82, 2.24) is 20.1 Å². The van der Waals surface area contributed by atoms with E-state index in [0.717, 1.165) is 22.5 Å². The van der Waals surface area contributed by atoms with E-state index in [9.17, 15) is 4.79 Å². The number of carbonyl (C=O) groups excluding carboxylic acids is 1. The zero-order chi connectivity index (χ0) is 12.0. The van der Waals surface area contributed by atoms with Gasteiger partial charge in [0.25, 0.3) is 5.91 Å². The van der Waals surface area contributed by atoms with Crippen molar-refractivity contribution < 1.29 is 4.79 Å². The van der Waals surface area contributed by atoms with Crippen molar-refractivity contribution >= 4 is 5.91 Å². The predicted octanol–water partition coefficient (Wildman–Crippen LogP) is 1.03. The Balaban J connectivity index is 2.26. The van der Waals surface area contributed by atoms with Gasteiger partial charge in [-0.25, -0.2) is 0 Å². The van der Waals surface area contributed by atoms with Crippen LogP contribution in [0.25, 0.3) is 11.1 Å². The summed E-state index contributed by atoms with van der Waals surface area (Å²) in [6, 6.07) is 1.93. The van der Waals surface area contributed by atoms with Crippen molar-refractivity contribution in [3.05, 3.63) is 35.4 Å². The van der Waals surface area contributed by atoms with Gasteiger partial charge in [0, 0.05) is 30.1 Å². The summed E-state index contributed by atoms with van der Waals surface area (Å²) in [7, 11) is 1.86. The van der Waals surface area contributed by atoms with Crippen LogP contribution in [-0.2, 0) is 13.6 Å². The summed E-state index contributed by atoms with van der Waals surface area (Å²) in [5.74, 6) is -0.0497. The van der Waals surface area contributed by atoms with Gasteiger partial charge < -0.3 is 5.32 Å². The third-order valence-electron chi connectivity index (χ3n) is 2.88. The highest BCUT2D eigenvalue weighted by Crippen LogP contribution is 2.28. The van der Waals surface area contributed by atoms with Gasteiger partial charge in [-0.3, -0.25) is 14.5 Å². The summed E-state index contributed by atoms with van der Waals surface area (Å²) in [5, 5.41) is 6.94. The van der Waals surface area contributed by atoms with Crippen molar-refractivity contribution in [2.24, 2.45) is 7.05 Å². The first-order valence-electron chi connectivity index (χ1n) is 5.43. The fraction of sp³-hybridized carbons (Fsp3) is 0.250. The number of fused-ring (bicyclic) bond motifs is 1. The fourth-order valence-electron chi connectivity index (χ4n) is 2.16. The molecule has 1 aliphatic rings. The monoisotopic (exact) mass is 228 g/mol. The second-order valence-corrected chi connectivity index (χ2v) is 4.22. The predicted molar refractivity (Wildman–Crippen MR) is 62.3 cm³/mol. The lowest BCUT2D eigenvalue weighted by Gasteiger charge is -2.05. The molecule has 86 valence electrons. The van der Waals surface area contributed by atoms with Gasteiger partial charge in [0.15, 0.2) is 0 Å². The van der Waals surface area contributed by atoms with E-state index < -0.39 is 0 Å². The first kappa shape index (κ1) is 10.0. The lowest BCUT2D eigenvalue weighted by Crippen LogP contribution is -2.13. The third kappa shape index (κ3) is 1.51. The van der Waals surface area contributed by atoms with Gasteiger partial charge in [-0.05, 0) is 13.0 Å². The molecule has 0 fully saturated rings. The average molecular weight is 228 g/mol. The molecule has 0 saturated carbocycles. The van der Waals surface area contributed by atoms with Gasteiger partial charge in [0.05, 0.1) is 24.0 Å². The normalized spacial score (nSPS) is 13.6. The Morgan fingerprint density at radius 3 is 3.00 bits per heavy atom. The lowest BCUT2D eigenvalue weighted by atomic mass is 10.0. The molecule has 0 radical (unpaired) electrons. The largest absolute Gasteiger partial charge is 0.346 e. The van der Waals surface area contributed by atoms with Crippen LogP contribution in [0.4, 0.5) is 0 Å². The van der Waals surface area contributed by atoms with Crippen molar-refractivity contribution in [3.8, 4) is 11.1 Å². The first-order valence-corrected chi connectivity index (χ1v) is 5.43. The molecule has 1 amide bonds. The molecule has 2 aromatic rings. The van der Waals surface area contributed by atoms with E-state index in [1.807, 2.05) is 26.2 Å². The highest BCUT2D eigenvalue weighted by Gasteiger charge is 2.25. The average Bonchev–Trinajstić information content (AvgIpc) is 2.85. The second kappa shape index (κ2) is 3.41. The highest BCUT2D eigenvalue weighted by atomic mass is 16.1. The van der Waals surface area contributed by atoms with E-state index in [2.05, 4.69) is 15.4 Å². The molecule has 1 aliphatic heterocycles. The molecule has 17 heavy (non-hydrogen) atoms. The van der Waals surface area contributed by atoms with Crippen LogP contribution in [0.15, 0.2) is 18.5 Å². The van der Waals surface area contributed by atoms with Crippen LogP contribution >= 0.6 is 0 Å². The number of carbonyl (C=O) groups is 1. The molecule has 0 bridgehead atoms. The molecule has 3 heterocycles. The summed E-state index contributed by atoms with van der Waals surface area (Å²) in [5.41, 5.74) is 4.29. The van der Waals surface area contributed by atoms with E-state index in [1.165, 1.54) is 0 Å². The van der Waals surface area contributed by atoms with Crippen LogP contribution in [0.3, 0.4) is 0 Å².